The highest BCUT2D eigenvalue weighted by molar-refractivity contribution is 5.93. The highest BCUT2D eigenvalue weighted by atomic mass is 16.5. The molecule has 2 aromatic heterocycles. The monoisotopic (exact) mass is 349 g/mol. The van der Waals surface area contributed by atoms with Gasteiger partial charge in [0.05, 0.1) is 31.4 Å². The number of H-pyrrole nitrogens is 1. The van der Waals surface area contributed by atoms with E-state index in [-0.39, 0.29) is 11.3 Å². The molecule has 2 N–H and O–H groups in total. The molecule has 26 heavy (non-hydrogen) atoms. The lowest BCUT2D eigenvalue weighted by molar-refractivity contribution is 0.0950. The molecule has 0 fully saturated rings. The number of hydrogen-bond donors (Lipinski definition) is 2. The number of carbonyl (C=O) groups is 1. The van der Waals surface area contributed by atoms with Crippen LogP contribution in [0.4, 0.5) is 0 Å². The van der Waals surface area contributed by atoms with Gasteiger partial charge in [-0.05, 0) is 30.3 Å². The van der Waals surface area contributed by atoms with Gasteiger partial charge in [0, 0.05) is 23.4 Å². The molecule has 3 aromatic rings. The van der Waals surface area contributed by atoms with E-state index in [2.05, 4.69) is 25.5 Å². The Balaban J connectivity index is 1.72. The average molecular weight is 349 g/mol. The molecule has 0 saturated heterocycles. The third kappa shape index (κ3) is 4.18. The summed E-state index contributed by atoms with van der Waals surface area (Å²) in [7, 11) is 1.59. The van der Waals surface area contributed by atoms with Gasteiger partial charge in [0.1, 0.15) is 11.4 Å². The molecule has 8 nitrogen and oxygen atoms in total. The van der Waals surface area contributed by atoms with Crippen molar-refractivity contribution >= 4 is 12.1 Å². The Morgan fingerprint density at radius 1 is 1.23 bits per heavy atom. The molecule has 1 amide bonds. The Hall–Kier alpha value is -3.81. The van der Waals surface area contributed by atoms with E-state index in [4.69, 9.17) is 4.74 Å². The molecular formula is C18H15N5O3. The van der Waals surface area contributed by atoms with Crippen molar-refractivity contribution < 1.29 is 9.53 Å². The van der Waals surface area contributed by atoms with Gasteiger partial charge in [0.25, 0.3) is 5.91 Å². The lowest BCUT2D eigenvalue weighted by Gasteiger charge is -2.04. The van der Waals surface area contributed by atoms with Crippen molar-refractivity contribution in [3.8, 4) is 17.0 Å². The van der Waals surface area contributed by atoms with Crippen molar-refractivity contribution in [2.45, 2.75) is 0 Å². The highest BCUT2D eigenvalue weighted by Gasteiger charge is 2.09. The summed E-state index contributed by atoms with van der Waals surface area (Å²) in [6.45, 7) is 0. The average Bonchev–Trinajstić information content (AvgIpc) is 2.68. The number of nitrogens with one attached hydrogen (secondary N) is 2. The van der Waals surface area contributed by atoms with Crippen LogP contribution in [0.2, 0.25) is 0 Å². The number of ether oxygens (including phenoxy) is 1. The Morgan fingerprint density at radius 3 is 2.77 bits per heavy atom. The van der Waals surface area contributed by atoms with E-state index >= 15 is 0 Å². The number of amides is 1. The van der Waals surface area contributed by atoms with Crippen LogP contribution in [0.15, 0.2) is 64.9 Å². The zero-order chi connectivity index (χ0) is 18.4. The van der Waals surface area contributed by atoms with E-state index in [1.54, 1.807) is 31.5 Å². The van der Waals surface area contributed by atoms with Gasteiger partial charge in [-0.3, -0.25) is 14.6 Å². The number of aromatic amines is 1. The number of hydrogen-bond acceptors (Lipinski definition) is 6. The minimum Gasteiger partial charge on any atom is -0.497 e. The Labute approximate surface area is 148 Å². The maximum Gasteiger partial charge on any atom is 0.291 e. The number of hydrazone groups is 1. The molecule has 8 heteroatoms. The van der Waals surface area contributed by atoms with E-state index in [1.165, 1.54) is 24.7 Å². The smallest absolute Gasteiger partial charge is 0.291 e. The molecule has 130 valence electrons. The molecule has 0 bridgehead atoms. The number of benzene rings is 1. The summed E-state index contributed by atoms with van der Waals surface area (Å²) in [6.07, 6.45) is 5.78. The number of aromatic nitrogens is 3. The first-order valence-electron chi connectivity index (χ1n) is 7.64. The molecule has 1 aromatic carbocycles. The van der Waals surface area contributed by atoms with Crippen LogP contribution in [0, 0.1) is 0 Å². The zero-order valence-corrected chi connectivity index (χ0v) is 13.8. The molecule has 0 saturated carbocycles. The van der Waals surface area contributed by atoms with Crippen LogP contribution in [0.5, 0.6) is 5.75 Å². The maximum absolute atomic E-state index is 12.2. The summed E-state index contributed by atoms with van der Waals surface area (Å²) < 4.78 is 5.12. The van der Waals surface area contributed by atoms with E-state index < -0.39 is 5.91 Å². The summed E-state index contributed by atoms with van der Waals surface area (Å²) >= 11 is 0. The summed E-state index contributed by atoms with van der Waals surface area (Å²) in [5.74, 6) is 0.221. The summed E-state index contributed by atoms with van der Waals surface area (Å²) in [4.78, 5) is 34.2. The third-order valence-corrected chi connectivity index (χ3v) is 3.43. The number of pyridine rings is 1. The molecule has 2 heterocycles. The van der Waals surface area contributed by atoms with Gasteiger partial charge in [0.15, 0.2) is 0 Å². The van der Waals surface area contributed by atoms with Gasteiger partial charge < -0.3 is 9.72 Å². The van der Waals surface area contributed by atoms with Crippen molar-refractivity contribution in [1.29, 1.82) is 0 Å². The predicted molar refractivity (Wildman–Crippen MR) is 96.1 cm³/mol. The van der Waals surface area contributed by atoms with Gasteiger partial charge in [-0.25, -0.2) is 10.4 Å². The molecular weight excluding hydrogens is 334 g/mol. The quantitative estimate of drug-likeness (QED) is 0.537. The standard InChI is InChI=1S/C18H15N5O3/c1-26-14-4-2-13(3-5-14)15-10-19-11-16(22-15)18(25)23-21-9-12-6-7-20-17(24)8-12/h2-11H,1H3,(H,20,24)(H,23,25). The Morgan fingerprint density at radius 2 is 2.04 bits per heavy atom. The molecule has 0 aliphatic heterocycles. The fraction of sp³-hybridized carbons (Fsp3) is 0.0556. The summed E-state index contributed by atoms with van der Waals surface area (Å²) in [6, 6.07) is 10.3. The van der Waals surface area contributed by atoms with E-state index in [1.807, 2.05) is 12.1 Å². The second kappa shape index (κ2) is 7.84. The van der Waals surface area contributed by atoms with Crippen molar-refractivity contribution in [2.75, 3.05) is 7.11 Å². The second-order valence-electron chi connectivity index (χ2n) is 5.20. The number of methoxy groups -OCH3 is 1. The largest absolute Gasteiger partial charge is 0.497 e. The lowest BCUT2D eigenvalue weighted by atomic mass is 10.1. The van der Waals surface area contributed by atoms with Gasteiger partial charge >= 0.3 is 0 Å². The summed E-state index contributed by atoms with van der Waals surface area (Å²) in [5, 5.41) is 3.82. The van der Waals surface area contributed by atoms with Crippen LogP contribution < -0.4 is 15.7 Å². The van der Waals surface area contributed by atoms with Crippen molar-refractivity contribution in [1.82, 2.24) is 20.4 Å². The van der Waals surface area contributed by atoms with E-state index in [0.717, 1.165) is 11.3 Å². The molecule has 3 rings (SSSR count). The van der Waals surface area contributed by atoms with Gasteiger partial charge in [-0.2, -0.15) is 5.10 Å². The minimum atomic E-state index is -0.506. The second-order valence-corrected chi connectivity index (χ2v) is 5.20. The third-order valence-electron chi connectivity index (χ3n) is 3.43. The molecule has 0 aliphatic rings. The number of nitrogens with zero attached hydrogens (tertiary/aromatic N) is 3. The van der Waals surface area contributed by atoms with Crippen LogP contribution in [-0.2, 0) is 0 Å². The van der Waals surface area contributed by atoms with Crippen molar-refractivity contribution in [3.63, 3.8) is 0 Å². The first-order chi connectivity index (χ1) is 12.7. The fourth-order valence-electron chi connectivity index (χ4n) is 2.14. The first kappa shape index (κ1) is 17.0. The van der Waals surface area contributed by atoms with Gasteiger partial charge in [-0.1, -0.05) is 0 Å². The van der Waals surface area contributed by atoms with Crippen LogP contribution in [0.3, 0.4) is 0 Å². The molecule has 0 spiro atoms. The summed E-state index contributed by atoms with van der Waals surface area (Å²) in [5.41, 5.74) is 4.16. The van der Waals surface area contributed by atoms with E-state index in [9.17, 15) is 9.59 Å². The fourth-order valence-corrected chi connectivity index (χ4v) is 2.14. The van der Waals surface area contributed by atoms with E-state index in [0.29, 0.717) is 11.3 Å². The SMILES string of the molecule is COc1ccc(-c2cncc(C(=O)NN=Cc3cc[nH]c(=O)c3)n2)cc1. The van der Waals surface area contributed by atoms with Gasteiger partial charge in [-0.15, -0.1) is 0 Å². The molecule has 0 aliphatic carbocycles. The Bertz CT molecular complexity index is 996. The van der Waals surface area contributed by atoms with Crippen LogP contribution >= 0.6 is 0 Å². The predicted octanol–water partition coefficient (Wildman–Crippen LogP) is 1.60. The first-order valence-corrected chi connectivity index (χ1v) is 7.64. The number of rotatable bonds is 5. The van der Waals surface area contributed by atoms with Gasteiger partial charge in [0.2, 0.25) is 5.56 Å². The molecule has 0 unspecified atom stereocenters. The lowest BCUT2D eigenvalue weighted by Crippen LogP contribution is -2.19. The molecule has 0 radical (unpaired) electrons. The van der Waals surface area contributed by atoms with Crippen molar-refractivity contribution in [3.05, 3.63) is 76.6 Å². The van der Waals surface area contributed by atoms with Crippen molar-refractivity contribution in [2.24, 2.45) is 5.10 Å². The highest BCUT2D eigenvalue weighted by Crippen LogP contribution is 2.20. The minimum absolute atomic E-state index is 0.126. The normalized spacial score (nSPS) is 10.7. The maximum atomic E-state index is 12.2. The Kier molecular flexibility index (Phi) is 5.14. The van der Waals surface area contributed by atoms with Crippen LogP contribution in [-0.4, -0.2) is 34.2 Å². The van der Waals surface area contributed by atoms with Crippen LogP contribution in [0.1, 0.15) is 16.1 Å². The zero-order valence-electron chi connectivity index (χ0n) is 13.8. The van der Waals surface area contributed by atoms with Crippen LogP contribution in [0.25, 0.3) is 11.3 Å². The number of carbonyl (C=O) groups excluding carboxylic acids is 1. The topological polar surface area (TPSA) is 109 Å². The molecule has 0 atom stereocenters.